The van der Waals surface area contributed by atoms with Gasteiger partial charge in [-0.2, -0.15) is 0 Å². The fourth-order valence-electron chi connectivity index (χ4n) is 9.12. The van der Waals surface area contributed by atoms with Gasteiger partial charge in [0.1, 0.15) is 17.3 Å². The SMILES string of the molecule is CC[C@@H]1CCN(C(=O)Nc2ccc(C)c(-c3cc(C(=O)C[C@@H](C)CO)nc(N4CCOCC4)c3)c2)C1.CC[C@@H]1CCN(C(=O)Nc2ccc(C)c(-c3cc(C(=O)O)nc(N4CCOCC4)c3)c2)C1.C[C@H](N)CO. The molecule has 8 rings (SSSR count). The summed E-state index contributed by atoms with van der Waals surface area (Å²) in [6.45, 7) is 20.3. The number of aromatic carboxylic acids is 1. The Morgan fingerprint density at radius 3 is 1.47 bits per heavy atom. The van der Waals surface area contributed by atoms with Crippen molar-refractivity contribution in [3.05, 3.63) is 83.2 Å². The number of nitrogens with one attached hydrogen (secondary N) is 2. The number of Topliss-reactive ketones (excluding diaryl/α,β-unsaturated/α-hetero) is 1. The van der Waals surface area contributed by atoms with Gasteiger partial charge in [-0.3, -0.25) is 4.79 Å². The molecule has 4 saturated heterocycles. The summed E-state index contributed by atoms with van der Waals surface area (Å²) in [5.74, 6) is 1.22. The topological polar surface area (TPSA) is 236 Å². The van der Waals surface area contributed by atoms with E-state index in [9.17, 15) is 29.4 Å². The molecule has 18 nitrogen and oxygen atoms in total. The Morgan fingerprint density at radius 1 is 0.658 bits per heavy atom. The van der Waals surface area contributed by atoms with Crippen molar-refractivity contribution in [3.63, 3.8) is 0 Å². The van der Waals surface area contributed by atoms with Gasteiger partial charge in [-0.15, -0.1) is 0 Å². The number of aryl methyl sites for hydroxylation is 2. The van der Waals surface area contributed by atoms with E-state index < -0.39 is 5.97 Å². The van der Waals surface area contributed by atoms with Crippen molar-refractivity contribution >= 4 is 46.8 Å². The van der Waals surface area contributed by atoms with Crippen molar-refractivity contribution in [3.8, 4) is 22.3 Å². The molecule has 6 heterocycles. The smallest absolute Gasteiger partial charge is 0.354 e. The zero-order valence-corrected chi connectivity index (χ0v) is 43.6. The Kier molecular flexibility index (Phi) is 20.9. The summed E-state index contributed by atoms with van der Waals surface area (Å²) in [6, 6.07) is 18.7. The Morgan fingerprint density at radius 2 is 1.08 bits per heavy atom. The minimum atomic E-state index is -1.07. The molecule has 4 amide bonds. The highest BCUT2D eigenvalue weighted by molar-refractivity contribution is 5.97. The van der Waals surface area contributed by atoms with Crippen LogP contribution in [0.25, 0.3) is 22.3 Å². The second-order valence-electron chi connectivity index (χ2n) is 19.7. The normalized spacial score (nSPS) is 18.5. The standard InChI is InChI=1S/C28H38N4O4.C24H30N4O4.C3H9NO/c1-4-21-7-8-32(17-21)28(35)29-23-6-5-20(3)24(16-23)22-14-25(26(34)13-19(2)18-33)30-27(15-22)31-9-11-36-12-10-31;1-3-17-6-7-28(15-17)24(31)25-19-5-4-16(2)20(14-19)18-12-21(23(29)30)26-22(13-18)27-8-10-32-11-9-27;1-3(4)2-5/h5-6,14-16,19,21,33H,4,7-13,17-18H2,1-3H3,(H,29,35);4-5,12-14,17H,3,6-11,15H2,1-2H3,(H,25,31)(H,29,30);3,5H,2,4H2,1H3/t19-,21-;17-;3-/m110/s1. The fourth-order valence-corrected chi connectivity index (χ4v) is 9.12. The molecule has 396 valence electrons. The summed E-state index contributed by atoms with van der Waals surface area (Å²) in [6.07, 6.45) is 4.50. The van der Waals surface area contributed by atoms with Gasteiger partial charge in [0, 0.05) is 82.8 Å². The van der Waals surface area contributed by atoms with Crippen molar-refractivity contribution in [2.75, 3.05) is 112 Å². The van der Waals surface area contributed by atoms with E-state index in [1.54, 1.807) is 13.0 Å². The van der Waals surface area contributed by atoms with Crippen molar-refractivity contribution < 1.29 is 44.0 Å². The molecular weight excluding hydrogens is 931 g/mol. The Bertz CT molecular complexity index is 2490. The number of nitrogens with zero attached hydrogens (tertiary/aromatic N) is 6. The molecule has 2 aromatic heterocycles. The molecule has 73 heavy (non-hydrogen) atoms. The first-order valence-electron chi connectivity index (χ1n) is 25.9. The number of aliphatic hydroxyl groups is 2. The van der Waals surface area contributed by atoms with Crippen LogP contribution in [0.5, 0.6) is 0 Å². The molecule has 4 fully saturated rings. The molecular formula is C55H77N9O9. The molecule has 0 spiro atoms. The van der Waals surface area contributed by atoms with Crippen LogP contribution >= 0.6 is 0 Å². The predicted molar refractivity (Wildman–Crippen MR) is 286 cm³/mol. The number of carboxylic acids is 1. The highest BCUT2D eigenvalue weighted by Crippen LogP contribution is 2.33. The van der Waals surface area contributed by atoms with E-state index in [1.165, 1.54) is 0 Å². The molecule has 0 radical (unpaired) electrons. The summed E-state index contributed by atoms with van der Waals surface area (Å²) in [4.78, 5) is 67.3. The number of carbonyl (C=O) groups excluding carboxylic acids is 3. The summed E-state index contributed by atoms with van der Waals surface area (Å²) >= 11 is 0. The quantitative estimate of drug-likeness (QED) is 0.0670. The fraction of sp³-hybridized carbons (Fsp3) is 0.527. The van der Waals surface area contributed by atoms with E-state index in [1.807, 2.05) is 90.1 Å². The molecule has 2 aromatic carbocycles. The van der Waals surface area contributed by atoms with Crippen LogP contribution in [-0.4, -0.2) is 157 Å². The number of aromatic nitrogens is 2. The zero-order valence-electron chi connectivity index (χ0n) is 43.6. The lowest BCUT2D eigenvalue weighted by molar-refractivity contribution is 0.0690. The summed E-state index contributed by atoms with van der Waals surface area (Å²) in [7, 11) is 0. The van der Waals surface area contributed by atoms with Gasteiger partial charge in [-0.1, -0.05) is 45.7 Å². The summed E-state index contributed by atoms with van der Waals surface area (Å²) in [5.41, 5.74) is 12.4. The number of hydrogen-bond acceptors (Lipinski definition) is 13. The number of anilines is 4. The third-order valence-electron chi connectivity index (χ3n) is 13.8. The highest BCUT2D eigenvalue weighted by Gasteiger charge is 2.27. The van der Waals surface area contributed by atoms with Gasteiger partial charge >= 0.3 is 18.0 Å². The number of carboxylic acid groups (broad SMARTS) is 1. The number of hydrogen-bond donors (Lipinski definition) is 6. The summed E-state index contributed by atoms with van der Waals surface area (Å²) in [5, 5.41) is 33.1. The van der Waals surface area contributed by atoms with E-state index in [0.29, 0.717) is 81.6 Å². The number of ether oxygens (including phenoxy) is 2. The largest absolute Gasteiger partial charge is 0.477 e. The van der Waals surface area contributed by atoms with Crippen molar-refractivity contribution in [2.45, 2.75) is 79.7 Å². The first kappa shape index (κ1) is 56.1. The molecule has 4 atom stereocenters. The Hall–Kier alpha value is -6.18. The van der Waals surface area contributed by atoms with Crippen LogP contribution < -0.4 is 26.2 Å². The number of ketones is 1. The van der Waals surface area contributed by atoms with Gasteiger partial charge in [0.25, 0.3) is 0 Å². The number of urea groups is 2. The minimum absolute atomic E-state index is 0.000467. The average molecular weight is 1010 g/mol. The number of morpholine rings is 2. The second kappa shape index (κ2) is 27.2. The number of pyridine rings is 2. The van der Waals surface area contributed by atoms with Crippen molar-refractivity contribution in [2.24, 2.45) is 23.5 Å². The van der Waals surface area contributed by atoms with Crippen LogP contribution in [0.4, 0.5) is 32.6 Å². The second-order valence-corrected chi connectivity index (χ2v) is 19.7. The average Bonchev–Trinajstić information content (AvgIpc) is 4.12. The number of nitrogens with two attached hydrogens (primary N) is 1. The molecule has 4 aliphatic rings. The van der Waals surface area contributed by atoms with Crippen LogP contribution in [0.3, 0.4) is 0 Å². The van der Waals surface area contributed by atoms with Gasteiger partial charge in [-0.25, -0.2) is 24.4 Å². The number of aliphatic hydroxyl groups excluding tert-OH is 2. The lowest BCUT2D eigenvalue weighted by Crippen LogP contribution is -2.37. The maximum Gasteiger partial charge on any atom is 0.354 e. The Balaban J connectivity index is 0.000000219. The highest BCUT2D eigenvalue weighted by atomic mass is 16.5. The number of rotatable bonds is 14. The van der Waals surface area contributed by atoms with E-state index in [-0.39, 0.29) is 55.1 Å². The third-order valence-corrected chi connectivity index (χ3v) is 13.8. The van der Waals surface area contributed by atoms with Crippen molar-refractivity contribution in [1.29, 1.82) is 0 Å². The molecule has 0 aliphatic carbocycles. The van der Waals surface area contributed by atoms with Gasteiger partial charge < -0.3 is 60.8 Å². The predicted octanol–water partition coefficient (Wildman–Crippen LogP) is 7.54. The first-order valence-corrected chi connectivity index (χ1v) is 25.9. The molecule has 18 heteroatoms. The van der Waals surface area contributed by atoms with Crippen LogP contribution in [0.15, 0.2) is 60.7 Å². The van der Waals surface area contributed by atoms with E-state index in [2.05, 4.69) is 34.4 Å². The van der Waals surface area contributed by atoms with E-state index in [4.69, 9.17) is 25.3 Å². The maximum atomic E-state index is 13.0. The van der Waals surface area contributed by atoms with Crippen LogP contribution in [0.1, 0.15) is 91.9 Å². The first-order chi connectivity index (χ1) is 35.1. The minimum Gasteiger partial charge on any atom is -0.477 e. The van der Waals surface area contributed by atoms with Crippen LogP contribution in [0.2, 0.25) is 0 Å². The number of benzene rings is 2. The van der Waals surface area contributed by atoms with Crippen LogP contribution in [-0.2, 0) is 9.47 Å². The van der Waals surface area contributed by atoms with Crippen LogP contribution in [0, 0.1) is 31.6 Å². The molecule has 7 N–H and O–H groups in total. The number of carbonyl (C=O) groups is 4. The number of likely N-dealkylation sites (tertiary alicyclic amines) is 2. The molecule has 4 aromatic rings. The van der Waals surface area contributed by atoms with Gasteiger partial charge in [0.15, 0.2) is 11.5 Å². The van der Waals surface area contributed by atoms with Gasteiger partial charge in [0.2, 0.25) is 0 Å². The summed E-state index contributed by atoms with van der Waals surface area (Å²) < 4.78 is 10.9. The third kappa shape index (κ3) is 15.9. The Labute approximate surface area is 430 Å². The lowest BCUT2D eigenvalue weighted by Gasteiger charge is -2.28. The monoisotopic (exact) mass is 1010 g/mol. The molecule has 0 saturated carbocycles. The van der Waals surface area contributed by atoms with Gasteiger partial charge in [0.05, 0.1) is 33.0 Å². The maximum absolute atomic E-state index is 13.0. The molecule has 0 bridgehead atoms. The van der Waals surface area contributed by atoms with E-state index in [0.717, 1.165) is 96.7 Å². The zero-order chi connectivity index (χ0) is 52.6. The molecule has 0 unspecified atom stereocenters. The van der Waals surface area contributed by atoms with Gasteiger partial charge in [-0.05, 0) is 133 Å². The molecule has 4 aliphatic heterocycles. The number of amides is 4. The van der Waals surface area contributed by atoms with Crippen molar-refractivity contribution in [1.82, 2.24) is 19.8 Å². The van der Waals surface area contributed by atoms with E-state index >= 15 is 0 Å². The lowest BCUT2D eigenvalue weighted by atomic mass is 9.97.